The molecule has 0 aromatic heterocycles. The van der Waals surface area contributed by atoms with Crippen molar-refractivity contribution in [2.75, 3.05) is 19.7 Å². The molecule has 1 atom stereocenters. The van der Waals surface area contributed by atoms with Gasteiger partial charge >= 0.3 is 12.2 Å². The molecule has 1 unspecified atom stereocenters. The predicted molar refractivity (Wildman–Crippen MR) is 141 cm³/mol. The highest BCUT2D eigenvalue weighted by molar-refractivity contribution is 6.25. The number of carbonyl (C=O) groups excluding carboxylic acids is 7. The molecular weight excluding hydrogens is 540 g/mol. The summed E-state index contributed by atoms with van der Waals surface area (Å²) in [5.41, 5.74) is -1.86. The van der Waals surface area contributed by atoms with E-state index in [9.17, 15) is 33.6 Å². The Morgan fingerprint density at radius 3 is 2.17 bits per heavy atom. The van der Waals surface area contributed by atoms with E-state index in [1.165, 1.54) is 18.2 Å². The molecule has 2 aliphatic rings. The van der Waals surface area contributed by atoms with Gasteiger partial charge in [0.15, 0.2) is 6.61 Å². The molecule has 0 bridgehead atoms. The first-order valence-electron chi connectivity index (χ1n) is 13.0. The molecule has 222 valence electrons. The lowest BCUT2D eigenvalue weighted by atomic mass is 10.0. The average molecular weight is 575 g/mol. The van der Waals surface area contributed by atoms with E-state index in [4.69, 9.17) is 14.2 Å². The molecule has 1 fully saturated rings. The SMILES string of the molecule is CC(C)(C)OC(=O)NCCNC(=O)COc1cccc2c1C(=O)N(C1CCC(=O)N(C(=O)OC(C)(C)C)C1=O)C2=O. The summed E-state index contributed by atoms with van der Waals surface area (Å²) in [5.74, 6) is -4.13. The molecule has 1 aromatic rings. The van der Waals surface area contributed by atoms with Crippen LogP contribution in [-0.4, -0.2) is 88.5 Å². The first-order chi connectivity index (χ1) is 19.0. The minimum atomic E-state index is -1.42. The minimum Gasteiger partial charge on any atom is -0.483 e. The molecule has 0 spiro atoms. The van der Waals surface area contributed by atoms with Gasteiger partial charge in [0.05, 0.1) is 11.1 Å². The number of likely N-dealkylation sites (tertiary alicyclic amines) is 1. The van der Waals surface area contributed by atoms with Crippen molar-refractivity contribution in [2.24, 2.45) is 0 Å². The van der Waals surface area contributed by atoms with E-state index in [0.29, 0.717) is 9.80 Å². The van der Waals surface area contributed by atoms with Gasteiger partial charge in [0.1, 0.15) is 23.0 Å². The maximum absolute atomic E-state index is 13.4. The topological polar surface area (TPSA) is 178 Å². The van der Waals surface area contributed by atoms with Crippen LogP contribution in [0.4, 0.5) is 9.59 Å². The number of rotatable bonds is 7. The fourth-order valence-corrected chi connectivity index (χ4v) is 4.06. The van der Waals surface area contributed by atoms with Crippen molar-refractivity contribution in [3.63, 3.8) is 0 Å². The van der Waals surface area contributed by atoms with Crippen LogP contribution >= 0.6 is 0 Å². The third-order valence-corrected chi connectivity index (χ3v) is 5.66. The zero-order valence-corrected chi connectivity index (χ0v) is 23.8. The highest BCUT2D eigenvalue weighted by atomic mass is 16.6. The van der Waals surface area contributed by atoms with Gasteiger partial charge in [-0.25, -0.2) is 9.59 Å². The largest absolute Gasteiger partial charge is 0.483 e. The van der Waals surface area contributed by atoms with Gasteiger partial charge < -0.3 is 24.8 Å². The monoisotopic (exact) mass is 574 g/mol. The molecule has 0 saturated carbocycles. The number of amides is 7. The van der Waals surface area contributed by atoms with Gasteiger partial charge in [0, 0.05) is 19.5 Å². The summed E-state index contributed by atoms with van der Waals surface area (Å²) in [4.78, 5) is 89.6. The molecule has 2 aliphatic heterocycles. The van der Waals surface area contributed by atoms with Crippen molar-refractivity contribution in [2.45, 2.75) is 71.6 Å². The predicted octanol–water partition coefficient (Wildman–Crippen LogP) is 1.75. The molecule has 2 N–H and O–H groups in total. The third kappa shape index (κ3) is 7.58. The van der Waals surface area contributed by atoms with E-state index in [-0.39, 0.29) is 42.8 Å². The standard InChI is InChI=1S/C27H34N4O10/c1-26(2,3)40-24(37)29-13-12-28-18(32)14-39-17-9-7-8-15-20(17)23(36)30(21(15)34)16-10-11-19(33)31(22(16)35)25(38)41-27(4,5)6/h7-9,16H,10-14H2,1-6H3,(H,28,32)(H,29,37). The molecule has 41 heavy (non-hydrogen) atoms. The van der Waals surface area contributed by atoms with E-state index < -0.39 is 65.6 Å². The normalized spacial score (nSPS) is 17.3. The van der Waals surface area contributed by atoms with Crippen molar-refractivity contribution in [1.29, 1.82) is 0 Å². The highest BCUT2D eigenvalue weighted by Gasteiger charge is 2.50. The molecule has 14 heteroatoms. The van der Waals surface area contributed by atoms with E-state index >= 15 is 0 Å². The number of alkyl carbamates (subject to hydrolysis) is 1. The number of hydrogen-bond acceptors (Lipinski definition) is 10. The number of ether oxygens (including phenoxy) is 3. The van der Waals surface area contributed by atoms with Crippen LogP contribution in [0.15, 0.2) is 18.2 Å². The Hall–Kier alpha value is -4.49. The molecule has 14 nitrogen and oxygen atoms in total. The molecule has 0 radical (unpaired) electrons. The second-order valence-electron chi connectivity index (χ2n) is 11.3. The molecule has 0 aliphatic carbocycles. The maximum atomic E-state index is 13.4. The Bertz CT molecular complexity index is 1280. The van der Waals surface area contributed by atoms with Crippen LogP contribution in [0.2, 0.25) is 0 Å². The maximum Gasteiger partial charge on any atom is 0.424 e. The van der Waals surface area contributed by atoms with Gasteiger partial charge in [-0.3, -0.25) is 28.9 Å². The summed E-state index contributed by atoms with van der Waals surface area (Å²) in [5, 5.41) is 5.03. The summed E-state index contributed by atoms with van der Waals surface area (Å²) in [6.45, 7) is 9.52. The third-order valence-electron chi connectivity index (χ3n) is 5.66. The van der Waals surface area contributed by atoms with Crippen LogP contribution in [0.3, 0.4) is 0 Å². The number of carbonyl (C=O) groups is 7. The summed E-state index contributed by atoms with van der Waals surface area (Å²) in [7, 11) is 0. The van der Waals surface area contributed by atoms with E-state index in [2.05, 4.69) is 10.6 Å². The molecular formula is C27H34N4O10. The number of nitrogens with one attached hydrogen (secondary N) is 2. The van der Waals surface area contributed by atoms with Gasteiger partial charge in [-0.15, -0.1) is 0 Å². The Labute approximate surface area is 236 Å². The molecule has 1 aromatic carbocycles. The summed E-state index contributed by atoms with van der Waals surface area (Å²) >= 11 is 0. The van der Waals surface area contributed by atoms with Crippen molar-refractivity contribution in [3.8, 4) is 5.75 Å². The van der Waals surface area contributed by atoms with Crippen molar-refractivity contribution >= 4 is 41.7 Å². The Balaban J connectivity index is 1.65. The second-order valence-corrected chi connectivity index (χ2v) is 11.3. The number of nitrogens with zero attached hydrogens (tertiary/aromatic N) is 2. The quantitative estimate of drug-likeness (QED) is 0.360. The zero-order valence-electron chi connectivity index (χ0n) is 23.8. The van der Waals surface area contributed by atoms with Crippen molar-refractivity contribution in [3.05, 3.63) is 29.3 Å². The van der Waals surface area contributed by atoms with E-state index in [1.54, 1.807) is 41.5 Å². The summed E-state index contributed by atoms with van der Waals surface area (Å²) in [6.07, 6.45) is -2.26. The lowest BCUT2D eigenvalue weighted by molar-refractivity contribution is -0.150. The Morgan fingerprint density at radius 1 is 0.902 bits per heavy atom. The first-order valence-corrected chi connectivity index (χ1v) is 13.0. The lowest BCUT2D eigenvalue weighted by Crippen LogP contribution is -2.58. The Morgan fingerprint density at radius 2 is 1.54 bits per heavy atom. The van der Waals surface area contributed by atoms with Gasteiger partial charge in [0.25, 0.3) is 23.6 Å². The van der Waals surface area contributed by atoms with E-state index in [1.807, 2.05) is 0 Å². The fraction of sp³-hybridized carbons (Fsp3) is 0.519. The Kier molecular flexibility index (Phi) is 9.04. The van der Waals surface area contributed by atoms with Crippen LogP contribution in [-0.2, 0) is 23.9 Å². The van der Waals surface area contributed by atoms with Crippen LogP contribution < -0.4 is 15.4 Å². The van der Waals surface area contributed by atoms with Crippen LogP contribution in [0.25, 0.3) is 0 Å². The van der Waals surface area contributed by atoms with Crippen LogP contribution in [0, 0.1) is 0 Å². The molecule has 7 amide bonds. The molecule has 2 heterocycles. The average Bonchev–Trinajstić information content (AvgIpc) is 3.09. The van der Waals surface area contributed by atoms with Gasteiger partial charge in [-0.1, -0.05) is 6.07 Å². The van der Waals surface area contributed by atoms with Gasteiger partial charge in [0.2, 0.25) is 5.91 Å². The lowest BCUT2D eigenvalue weighted by Gasteiger charge is -2.34. The zero-order chi connectivity index (χ0) is 30.7. The van der Waals surface area contributed by atoms with Gasteiger partial charge in [-0.05, 0) is 60.1 Å². The number of benzene rings is 1. The number of fused-ring (bicyclic) bond motifs is 1. The minimum absolute atomic E-state index is 0.0528. The molecule has 1 saturated heterocycles. The van der Waals surface area contributed by atoms with E-state index in [0.717, 1.165) is 0 Å². The second kappa shape index (κ2) is 11.9. The first kappa shape index (κ1) is 31.0. The molecule has 3 rings (SSSR count). The fourth-order valence-electron chi connectivity index (χ4n) is 4.06. The summed E-state index contributed by atoms with van der Waals surface area (Å²) in [6, 6.07) is 2.80. The number of imide groups is 4. The number of hydrogen-bond donors (Lipinski definition) is 2. The summed E-state index contributed by atoms with van der Waals surface area (Å²) < 4.78 is 15.8. The smallest absolute Gasteiger partial charge is 0.424 e. The van der Waals surface area contributed by atoms with Crippen molar-refractivity contribution < 1.29 is 47.8 Å². The van der Waals surface area contributed by atoms with Crippen LogP contribution in [0.1, 0.15) is 75.1 Å². The highest BCUT2D eigenvalue weighted by Crippen LogP contribution is 2.34. The number of piperidine rings is 1. The van der Waals surface area contributed by atoms with Crippen molar-refractivity contribution in [1.82, 2.24) is 20.4 Å². The van der Waals surface area contributed by atoms with Gasteiger partial charge in [-0.2, -0.15) is 4.90 Å². The van der Waals surface area contributed by atoms with Crippen LogP contribution in [0.5, 0.6) is 5.75 Å².